The van der Waals surface area contributed by atoms with Crippen LogP contribution in [0, 0.1) is 0 Å². The van der Waals surface area contributed by atoms with Crippen molar-refractivity contribution in [1.82, 2.24) is 10.2 Å². The zero-order chi connectivity index (χ0) is 14.0. The molecule has 2 N–H and O–H groups in total. The van der Waals surface area contributed by atoms with E-state index in [0.717, 1.165) is 23.4 Å². The Bertz CT molecular complexity index is 479. The predicted molar refractivity (Wildman–Crippen MR) is 75.4 cm³/mol. The average Bonchev–Trinajstić information content (AvgIpc) is 2.79. The van der Waals surface area contributed by atoms with Gasteiger partial charge in [-0.3, -0.25) is 0 Å². The number of amides is 2. The van der Waals surface area contributed by atoms with Gasteiger partial charge < -0.3 is 15.3 Å². The van der Waals surface area contributed by atoms with Gasteiger partial charge in [-0.1, -0.05) is 17.7 Å². The molecule has 0 saturated carbocycles. The molecule has 2 amide bonds. The molecular weight excluding hydrogens is 264 g/mol. The van der Waals surface area contributed by atoms with Gasteiger partial charge in [0.05, 0.1) is 18.7 Å². The standard InChI is InChI=1S/C14H19ClN2O2/c1-9(8-18)17(2)14(19)16-13-6-3-10-7-11(15)4-5-12(10)13/h4-5,7,9,13,18H,3,6,8H2,1-2H3,(H,16,19). The fourth-order valence-corrected chi connectivity index (χ4v) is 2.50. The normalized spacial score (nSPS) is 18.8. The highest BCUT2D eigenvalue weighted by atomic mass is 35.5. The second-order valence-electron chi connectivity index (χ2n) is 5.03. The molecule has 0 saturated heterocycles. The minimum Gasteiger partial charge on any atom is -0.394 e. The number of nitrogens with zero attached hydrogens (tertiary/aromatic N) is 1. The van der Waals surface area contributed by atoms with Crippen LogP contribution in [0.1, 0.15) is 30.5 Å². The molecule has 1 aliphatic carbocycles. The first-order valence-corrected chi connectivity index (χ1v) is 6.83. The van der Waals surface area contributed by atoms with Crippen molar-refractivity contribution < 1.29 is 9.90 Å². The molecule has 1 aliphatic rings. The smallest absolute Gasteiger partial charge is 0.317 e. The van der Waals surface area contributed by atoms with Gasteiger partial charge in [-0.2, -0.15) is 0 Å². The molecule has 4 nitrogen and oxygen atoms in total. The maximum atomic E-state index is 12.1. The van der Waals surface area contributed by atoms with Gasteiger partial charge in [-0.05, 0) is 43.0 Å². The fraction of sp³-hybridized carbons (Fsp3) is 0.500. The highest BCUT2D eigenvalue weighted by Gasteiger charge is 2.26. The minimum absolute atomic E-state index is 0.0353. The van der Waals surface area contributed by atoms with Gasteiger partial charge >= 0.3 is 6.03 Å². The lowest BCUT2D eigenvalue weighted by molar-refractivity contribution is 0.155. The molecule has 0 aromatic heterocycles. The van der Waals surface area contributed by atoms with E-state index in [-0.39, 0.29) is 24.7 Å². The number of aryl methyl sites for hydroxylation is 1. The average molecular weight is 283 g/mol. The van der Waals surface area contributed by atoms with E-state index >= 15 is 0 Å². The summed E-state index contributed by atoms with van der Waals surface area (Å²) in [6.45, 7) is 1.77. The van der Waals surface area contributed by atoms with Gasteiger partial charge in [0, 0.05) is 12.1 Å². The number of hydrogen-bond acceptors (Lipinski definition) is 2. The molecule has 0 fully saturated rings. The van der Waals surface area contributed by atoms with E-state index in [0.29, 0.717) is 0 Å². The summed E-state index contributed by atoms with van der Waals surface area (Å²) >= 11 is 5.96. The number of aliphatic hydroxyl groups excluding tert-OH is 1. The third-order valence-electron chi connectivity index (χ3n) is 3.73. The Balaban J connectivity index is 2.05. The zero-order valence-corrected chi connectivity index (χ0v) is 11.9. The first-order valence-electron chi connectivity index (χ1n) is 6.45. The van der Waals surface area contributed by atoms with Crippen LogP contribution in [0.4, 0.5) is 4.79 Å². The number of hydrogen-bond donors (Lipinski definition) is 2. The molecule has 0 radical (unpaired) electrons. The molecule has 1 aromatic rings. The number of likely N-dealkylation sites (N-methyl/N-ethyl adjacent to an activating group) is 1. The van der Waals surface area contributed by atoms with E-state index in [2.05, 4.69) is 5.32 Å². The first kappa shape index (κ1) is 14.2. The van der Waals surface area contributed by atoms with E-state index < -0.39 is 0 Å². The van der Waals surface area contributed by atoms with Crippen molar-refractivity contribution in [1.29, 1.82) is 0 Å². The molecule has 104 valence electrons. The summed E-state index contributed by atoms with van der Waals surface area (Å²) < 4.78 is 0. The molecule has 2 rings (SSSR count). The number of rotatable bonds is 3. The fourth-order valence-electron chi connectivity index (χ4n) is 2.31. The van der Waals surface area contributed by atoms with Crippen molar-refractivity contribution in [2.45, 2.75) is 31.8 Å². The Morgan fingerprint density at radius 3 is 3.05 bits per heavy atom. The van der Waals surface area contributed by atoms with Gasteiger partial charge in [0.1, 0.15) is 0 Å². The van der Waals surface area contributed by atoms with Gasteiger partial charge in [-0.25, -0.2) is 4.79 Å². The monoisotopic (exact) mass is 282 g/mol. The van der Waals surface area contributed by atoms with Crippen LogP contribution in [-0.2, 0) is 6.42 Å². The maximum Gasteiger partial charge on any atom is 0.317 e. The third kappa shape index (κ3) is 3.01. The molecular formula is C14H19ClN2O2. The summed E-state index contributed by atoms with van der Waals surface area (Å²) in [5.74, 6) is 0. The molecule has 0 bridgehead atoms. The number of aliphatic hydroxyl groups is 1. The van der Waals surface area contributed by atoms with Crippen LogP contribution in [0.3, 0.4) is 0 Å². The number of benzene rings is 1. The number of urea groups is 1. The Morgan fingerprint density at radius 1 is 1.63 bits per heavy atom. The summed E-state index contributed by atoms with van der Waals surface area (Å²) in [7, 11) is 1.69. The molecule has 2 atom stereocenters. The molecule has 5 heteroatoms. The van der Waals surface area contributed by atoms with Crippen molar-refractivity contribution in [3.05, 3.63) is 34.3 Å². The van der Waals surface area contributed by atoms with Crippen LogP contribution in [-0.4, -0.2) is 35.7 Å². The van der Waals surface area contributed by atoms with Gasteiger partial charge in [0.2, 0.25) is 0 Å². The molecule has 0 heterocycles. The molecule has 2 unspecified atom stereocenters. The summed E-state index contributed by atoms with van der Waals surface area (Å²) in [6, 6.07) is 5.48. The number of carbonyl (C=O) groups is 1. The van der Waals surface area contributed by atoms with Crippen molar-refractivity contribution >= 4 is 17.6 Å². The maximum absolute atomic E-state index is 12.1. The quantitative estimate of drug-likeness (QED) is 0.894. The Labute approximate surface area is 118 Å². The third-order valence-corrected chi connectivity index (χ3v) is 3.96. The number of nitrogens with one attached hydrogen (secondary N) is 1. The predicted octanol–water partition coefficient (Wildman–Crippen LogP) is 2.35. The lowest BCUT2D eigenvalue weighted by Crippen LogP contribution is -2.44. The minimum atomic E-state index is -0.189. The van der Waals surface area contributed by atoms with E-state index in [1.165, 1.54) is 10.5 Å². The van der Waals surface area contributed by atoms with Crippen molar-refractivity contribution in [3.63, 3.8) is 0 Å². The van der Waals surface area contributed by atoms with Crippen LogP contribution < -0.4 is 5.32 Å². The van der Waals surface area contributed by atoms with E-state index in [1.807, 2.05) is 25.1 Å². The summed E-state index contributed by atoms with van der Waals surface area (Å²) in [5.41, 5.74) is 2.35. The summed E-state index contributed by atoms with van der Waals surface area (Å²) in [5, 5.41) is 12.8. The molecule has 1 aromatic carbocycles. The molecule has 0 spiro atoms. The summed E-state index contributed by atoms with van der Waals surface area (Å²) in [4.78, 5) is 13.6. The van der Waals surface area contributed by atoms with Gasteiger partial charge in [-0.15, -0.1) is 0 Å². The number of carbonyl (C=O) groups excluding carboxylic acids is 1. The van der Waals surface area contributed by atoms with E-state index in [4.69, 9.17) is 16.7 Å². The van der Waals surface area contributed by atoms with Crippen LogP contribution in [0.2, 0.25) is 5.02 Å². The second-order valence-corrected chi connectivity index (χ2v) is 5.46. The van der Waals surface area contributed by atoms with Gasteiger partial charge in [0.25, 0.3) is 0 Å². The Morgan fingerprint density at radius 2 is 2.37 bits per heavy atom. The largest absolute Gasteiger partial charge is 0.394 e. The van der Waals surface area contributed by atoms with E-state index in [1.54, 1.807) is 7.05 Å². The first-order chi connectivity index (χ1) is 9.02. The number of halogens is 1. The topological polar surface area (TPSA) is 52.6 Å². The van der Waals surface area contributed by atoms with Crippen LogP contribution in [0.25, 0.3) is 0 Å². The summed E-state index contributed by atoms with van der Waals surface area (Å²) in [6.07, 6.45) is 1.82. The number of fused-ring (bicyclic) bond motifs is 1. The lowest BCUT2D eigenvalue weighted by atomic mass is 10.1. The lowest BCUT2D eigenvalue weighted by Gasteiger charge is -2.25. The molecule has 0 aliphatic heterocycles. The molecule has 19 heavy (non-hydrogen) atoms. The SMILES string of the molecule is CC(CO)N(C)C(=O)NC1CCc2cc(Cl)ccc21. The van der Waals surface area contributed by atoms with E-state index in [9.17, 15) is 4.79 Å². The highest BCUT2D eigenvalue weighted by Crippen LogP contribution is 2.32. The second kappa shape index (κ2) is 5.80. The van der Waals surface area contributed by atoms with Crippen LogP contribution in [0.15, 0.2) is 18.2 Å². The van der Waals surface area contributed by atoms with Crippen LogP contribution >= 0.6 is 11.6 Å². The Kier molecular flexibility index (Phi) is 4.32. The Hall–Kier alpha value is -1.26. The van der Waals surface area contributed by atoms with Gasteiger partial charge in [0.15, 0.2) is 0 Å². The van der Waals surface area contributed by atoms with Crippen molar-refractivity contribution in [2.75, 3.05) is 13.7 Å². The zero-order valence-electron chi connectivity index (χ0n) is 11.2. The van der Waals surface area contributed by atoms with Crippen molar-refractivity contribution in [3.8, 4) is 0 Å². The highest BCUT2D eigenvalue weighted by molar-refractivity contribution is 6.30. The van der Waals surface area contributed by atoms with Crippen molar-refractivity contribution in [2.24, 2.45) is 0 Å². The van der Waals surface area contributed by atoms with Crippen LogP contribution in [0.5, 0.6) is 0 Å².